The van der Waals surface area contributed by atoms with Crippen molar-refractivity contribution in [2.45, 2.75) is 44.9 Å². The zero-order valence-corrected chi connectivity index (χ0v) is 10.3. The van der Waals surface area contributed by atoms with E-state index in [0.29, 0.717) is 5.38 Å². The Labute approximate surface area is 97.6 Å². The van der Waals surface area contributed by atoms with E-state index in [4.69, 9.17) is 11.6 Å². The zero-order chi connectivity index (χ0) is 10.8. The van der Waals surface area contributed by atoms with Gasteiger partial charge in [0.1, 0.15) is 0 Å². The molecule has 0 aromatic heterocycles. The molecule has 0 spiro atoms. The van der Waals surface area contributed by atoms with Gasteiger partial charge < -0.3 is 0 Å². The Hall–Kier alpha value is -0.490. The van der Waals surface area contributed by atoms with Gasteiger partial charge in [-0.25, -0.2) is 0 Å². The van der Waals surface area contributed by atoms with Crippen molar-refractivity contribution in [1.82, 2.24) is 0 Å². The summed E-state index contributed by atoms with van der Waals surface area (Å²) in [6.45, 7) is 4.38. The van der Waals surface area contributed by atoms with Crippen LogP contribution in [0.5, 0.6) is 0 Å². The van der Waals surface area contributed by atoms with Crippen LogP contribution in [-0.2, 0) is 6.42 Å². The molecule has 1 fully saturated rings. The fourth-order valence-corrected chi connectivity index (χ4v) is 2.91. The monoisotopic (exact) mass is 222 g/mol. The summed E-state index contributed by atoms with van der Waals surface area (Å²) in [5.41, 5.74) is 4.32. The van der Waals surface area contributed by atoms with E-state index < -0.39 is 0 Å². The summed E-state index contributed by atoms with van der Waals surface area (Å²) in [5.74, 6) is 0.813. The van der Waals surface area contributed by atoms with Crippen molar-refractivity contribution in [3.05, 3.63) is 34.9 Å². The Balaban J connectivity index is 2.07. The second-order valence-electron chi connectivity index (χ2n) is 4.91. The van der Waals surface area contributed by atoms with Crippen LogP contribution in [0.3, 0.4) is 0 Å². The summed E-state index contributed by atoms with van der Waals surface area (Å²) in [5, 5.41) is 0.431. The summed E-state index contributed by atoms with van der Waals surface area (Å²) < 4.78 is 0. The van der Waals surface area contributed by atoms with Gasteiger partial charge in [0.15, 0.2) is 0 Å². The number of rotatable bonds is 2. The maximum Gasteiger partial charge on any atom is 0.0338 e. The molecule has 0 nitrogen and oxygen atoms in total. The lowest BCUT2D eigenvalue weighted by molar-refractivity contribution is 0.545. The van der Waals surface area contributed by atoms with Gasteiger partial charge in [-0.05, 0) is 56.6 Å². The molecular weight excluding hydrogens is 204 g/mol. The van der Waals surface area contributed by atoms with Gasteiger partial charge in [-0.2, -0.15) is 0 Å². The molecular formula is C14H19Cl. The van der Waals surface area contributed by atoms with Crippen molar-refractivity contribution in [1.29, 1.82) is 0 Å². The maximum absolute atomic E-state index is 6.14. The van der Waals surface area contributed by atoms with Crippen LogP contribution in [0.1, 0.15) is 36.0 Å². The standard InChI is InChI=1S/C14H19Cl/c1-10-3-4-11(2)13(7-10)8-12-5-6-14(15)9-12/h3-4,7,12,14H,5-6,8-9H2,1-2H3. The molecule has 2 unspecified atom stereocenters. The molecule has 2 rings (SSSR count). The van der Waals surface area contributed by atoms with Crippen LogP contribution in [0, 0.1) is 19.8 Å². The summed E-state index contributed by atoms with van der Waals surface area (Å²) in [7, 11) is 0. The number of aryl methyl sites for hydroxylation is 2. The fourth-order valence-electron chi connectivity index (χ4n) is 2.53. The van der Waals surface area contributed by atoms with E-state index in [1.165, 1.54) is 42.4 Å². The number of hydrogen-bond donors (Lipinski definition) is 0. The Kier molecular flexibility index (Phi) is 3.35. The number of alkyl halides is 1. The second kappa shape index (κ2) is 4.57. The van der Waals surface area contributed by atoms with Crippen LogP contribution in [0.2, 0.25) is 0 Å². The molecule has 15 heavy (non-hydrogen) atoms. The van der Waals surface area contributed by atoms with Gasteiger partial charge >= 0.3 is 0 Å². The van der Waals surface area contributed by atoms with Crippen LogP contribution in [0.4, 0.5) is 0 Å². The number of hydrogen-bond acceptors (Lipinski definition) is 0. The van der Waals surface area contributed by atoms with Crippen LogP contribution < -0.4 is 0 Å². The molecule has 2 atom stereocenters. The average Bonchev–Trinajstić information content (AvgIpc) is 2.58. The van der Waals surface area contributed by atoms with E-state index in [-0.39, 0.29) is 0 Å². The minimum atomic E-state index is 0.431. The summed E-state index contributed by atoms with van der Waals surface area (Å²) in [6.07, 6.45) is 4.93. The van der Waals surface area contributed by atoms with Crippen molar-refractivity contribution in [2.24, 2.45) is 5.92 Å². The predicted octanol–water partition coefficient (Wildman–Crippen LogP) is 4.25. The molecule has 0 aliphatic heterocycles. The molecule has 0 amide bonds. The van der Waals surface area contributed by atoms with Crippen molar-refractivity contribution >= 4 is 11.6 Å². The summed E-state index contributed by atoms with van der Waals surface area (Å²) in [6, 6.07) is 6.76. The molecule has 1 aliphatic rings. The third kappa shape index (κ3) is 2.75. The molecule has 0 N–H and O–H groups in total. The largest absolute Gasteiger partial charge is 0.123 e. The van der Waals surface area contributed by atoms with Crippen molar-refractivity contribution in [2.75, 3.05) is 0 Å². The second-order valence-corrected chi connectivity index (χ2v) is 5.53. The predicted molar refractivity (Wildman–Crippen MR) is 66.6 cm³/mol. The van der Waals surface area contributed by atoms with E-state index in [0.717, 1.165) is 5.92 Å². The van der Waals surface area contributed by atoms with Gasteiger partial charge in [0.05, 0.1) is 0 Å². The first-order valence-electron chi connectivity index (χ1n) is 5.85. The third-order valence-corrected chi connectivity index (χ3v) is 3.89. The molecule has 0 saturated heterocycles. The maximum atomic E-state index is 6.14. The fraction of sp³-hybridized carbons (Fsp3) is 0.571. The quantitative estimate of drug-likeness (QED) is 0.657. The van der Waals surface area contributed by atoms with Crippen molar-refractivity contribution in [3.8, 4) is 0 Å². The van der Waals surface area contributed by atoms with E-state index in [9.17, 15) is 0 Å². The first kappa shape index (κ1) is 11.0. The van der Waals surface area contributed by atoms with Gasteiger partial charge in [-0.1, -0.05) is 23.8 Å². The molecule has 0 radical (unpaired) electrons. The molecule has 82 valence electrons. The van der Waals surface area contributed by atoms with Crippen molar-refractivity contribution in [3.63, 3.8) is 0 Å². The Morgan fingerprint density at radius 2 is 2.07 bits per heavy atom. The first-order valence-corrected chi connectivity index (χ1v) is 6.29. The van der Waals surface area contributed by atoms with Crippen LogP contribution >= 0.6 is 11.6 Å². The number of halogens is 1. The minimum absolute atomic E-state index is 0.431. The SMILES string of the molecule is Cc1ccc(C)c(CC2CCC(Cl)C2)c1. The molecule has 1 aromatic carbocycles. The molecule has 1 aliphatic carbocycles. The van der Waals surface area contributed by atoms with Gasteiger partial charge in [0.2, 0.25) is 0 Å². The lowest BCUT2D eigenvalue weighted by atomic mass is 9.94. The molecule has 1 saturated carbocycles. The Morgan fingerprint density at radius 3 is 2.73 bits per heavy atom. The lowest BCUT2D eigenvalue weighted by Crippen LogP contribution is -2.02. The van der Waals surface area contributed by atoms with Gasteiger partial charge in [0.25, 0.3) is 0 Å². The minimum Gasteiger partial charge on any atom is -0.123 e. The zero-order valence-electron chi connectivity index (χ0n) is 9.59. The molecule has 1 heteroatoms. The third-order valence-electron chi connectivity index (χ3n) is 3.49. The Bertz CT molecular complexity index is 343. The molecule has 0 heterocycles. The highest BCUT2D eigenvalue weighted by Crippen LogP contribution is 2.32. The normalized spacial score (nSPS) is 25.8. The topological polar surface area (TPSA) is 0 Å². The van der Waals surface area contributed by atoms with Gasteiger partial charge in [-0.15, -0.1) is 11.6 Å². The van der Waals surface area contributed by atoms with Crippen LogP contribution in [0.15, 0.2) is 18.2 Å². The van der Waals surface area contributed by atoms with E-state index in [2.05, 4.69) is 32.0 Å². The van der Waals surface area contributed by atoms with E-state index in [1.54, 1.807) is 0 Å². The van der Waals surface area contributed by atoms with E-state index >= 15 is 0 Å². The molecule has 0 bridgehead atoms. The van der Waals surface area contributed by atoms with Crippen LogP contribution in [-0.4, -0.2) is 5.38 Å². The lowest BCUT2D eigenvalue weighted by Gasteiger charge is -2.12. The first-order chi connectivity index (χ1) is 7.15. The van der Waals surface area contributed by atoms with Crippen LogP contribution in [0.25, 0.3) is 0 Å². The number of benzene rings is 1. The van der Waals surface area contributed by atoms with Gasteiger partial charge in [-0.3, -0.25) is 0 Å². The summed E-state index contributed by atoms with van der Waals surface area (Å²) >= 11 is 6.14. The smallest absolute Gasteiger partial charge is 0.0338 e. The van der Waals surface area contributed by atoms with Crippen molar-refractivity contribution < 1.29 is 0 Å². The Morgan fingerprint density at radius 1 is 1.27 bits per heavy atom. The van der Waals surface area contributed by atoms with E-state index in [1.807, 2.05) is 0 Å². The summed E-state index contributed by atoms with van der Waals surface area (Å²) in [4.78, 5) is 0. The molecule has 1 aromatic rings. The highest BCUT2D eigenvalue weighted by Gasteiger charge is 2.23. The highest BCUT2D eigenvalue weighted by molar-refractivity contribution is 6.20. The average molecular weight is 223 g/mol. The van der Waals surface area contributed by atoms with Gasteiger partial charge in [0, 0.05) is 5.38 Å². The highest BCUT2D eigenvalue weighted by atomic mass is 35.5.